The highest BCUT2D eigenvalue weighted by molar-refractivity contribution is 6.32. The fraction of sp³-hybridized carbons (Fsp3) is 0.0714. The van der Waals surface area contributed by atoms with E-state index in [1.807, 2.05) is 6.07 Å². The summed E-state index contributed by atoms with van der Waals surface area (Å²) in [6.45, 7) is 0. The normalized spacial score (nSPS) is 11.0. The average Bonchev–Trinajstić information content (AvgIpc) is 2.42. The maximum atomic E-state index is 13.7. The Morgan fingerprint density at radius 3 is 2.43 bits per heavy atom. The number of nitriles is 1. The van der Waals surface area contributed by atoms with Crippen molar-refractivity contribution in [2.24, 2.45) is 0 Å². The molecule has 0 spiro atoms. The van der Waals surface area contributed by atoms with Crippen LogP contribution in [0.1, 0.15) is 11.1 Å². The highest BCUT2D eigenvalue weighted by atomic mass is 35.5. The second-order valence-electron chi connectivity index (χ2n) is 3.92. The zero-order valence-electron chi connectivity index (χ0n) is 10.1. The quantitative estimate of drug-likeness (QED) is 0.734. The maximum Gasteiger partial charge on any atom is 0.416 e. The van der Waals surface area contributed by atoms with Gasteiger partial charge in [0, 0.05) is 6.07 Å². The first-order chi connectivity index (χ1) is 9.81. The van der Waals surface area contributed by atoms with Gasteiger partial charge in [0.05, 0.1) is 22.2 Å². The lowest BCUT2D eigenvalue weighted by atomic mass is 10.2. The number of rotatable bonds is 2. The minimum absolute atomic E-state index is 0.0922. The summed E-state index contributed by atoms with van der Waals surface area (Å²) < 4.78 is 56.3. The summed E-state index contributed by atoms with van der Waals surface area (Å²) >= 11 is 5.62. The molecule has 2 nitrogen and oxygen atoms in total. The van der Waals surface area contributed by atoms with Crippen molar-refractivity contribution >= 4 is 11.6 Å². The van der Waals surface area contributed by atoms with Crippen LogP contribution in [0, 0.1) is 23.2 Å². The van der Waals surface area contributed by atoms with Gasteiger partial charge in [-0.15, -0.1) is 0 Å². The Morgan fingerprint density at radius 1 is 1.24 bits per heavy atom. The third-order valence-electron chi connectivity index (χ3n) is 2.45. The van der Waals surface area contributed by atoms with E-state index < -0.39 is 28.3 Å². The molecule has 0 aromatic heterocycles. The van der Waals surface area contributed by atoms with E-state index in [1.165, 1.54) is 18.2 Å². The van der Waals surface area contributed by atoms with Gasteiger partial charge in [0.1, 0.15) is 5.75 Å². The van der Waals surface area contributed by atoms with Crippen LogP contribution in [0.2, 0.25) is 5.02 Å². The molecule has 0 saturated heterocycles. The van der Waals surface area contributed by atoms with Crippen LogP contribution < -0.4 is 4.74 Å². The molecule has 0 amide bonds. The molecule has 107 valence electrons. The summed E-state index contributed by atoms with van der Waals surface area (Å²) in [4.78, 5) is 0. The molecule has 0 unspecified atom stereocenters. The Balaban J connectivity index is 2.34. The van der Waals surface area contributed by atoms with Crippen LogP contribution in [0.3, 0.4) is 0 Å². The Bertz CT molecular complexity index is 681. The molecule has 2 aromatic rings. The zero-order chi connectivity index (χ0) is 15.6. The van der Waals surface area contributed by atoms with E-state index in [0.29, 0.717) is 12.1 Å². The number of hydrogen-bond acceptors (Lipinski definition) is 2. The van der Waals surface area contributed by atoms with Gasteiger partial charge in [-0.2, -0.15) is 18.4 Å². The molecule has 1 radical (unpaired) electrons. The molecule has 2 rings (SSSR count). The lowest BCUT2D eigenvalue weighted by Crippen LogP contribution is -2.06. The first kappa shape index (κ1) is 15.1. The van der Waals surface area contributed by atoms with E-state index in [1.54, 1.807) is 0 Å². The van der Waals surface area contributed by atoms with Crippen LogP contribution >= 0.6 is 11.6 Å². The van der Waals surface area contributed by atoms with Crippen molar-refractivity contribution in [3.8, 4) is 17.6 Å². The molecular weight excluding hydrogens is 310 g/mol. The molecule has 0 aliphatic heterocycles. The van der Waals surface area contributed by atoms with Gasteiger partial charge in [-0.3, -0.25) is 0 Å². The first-order valence-corrected chi connectivity index (χ1v) is 5.85. The average molecular weight is 315 g/mol. The predicted octanol–water partition coefficient (Wildman–Crippen LogP) is 4.96. The van der Waals surface area contributed by atoms with Crippen LogP contribution in [0.4, 0.5) is 17.6 Å². The summed E-state index contributed by atoms with van der Waals surface area (Å²) in [5.74, 6) is -1.67. The second-order valence-corrected chi connectivity index (χ2v) is 4.33. The van der Waals surface area contributed by atoms with Crippen molar-refractivity contribution in [2.45, 2.75) is 6.18 Å². The summed E-state index contributed by atoms with van der Waals surface area (Å²) in [5.41, 5.74) is -0.968. The van der Waals surface area contributed by atoms with Gasteiger partial charge in [-0.1, -0.05) is 11.6 Å². The molecule has 0 aliphatic carbocycles. The van der Waals surface area contributed by atoms with Crippen LogP contribution in [-0.4, -0.2) is 0 Å². The van der Waals surface area contributed by atoms with Crippen LogP contribution in [0.15, 0.2) is 30.3 Å². The fourth-order valence-corrected chi connectivity index (χ4v) is 1.73. The SMILES string of the molecule is N#Cc1[c]cc(Oc2c(F)cc(C(F)(F)F)cc2Cl)cc1. The molecule has 0 atom stereocenters. The van der Waals surface area contributed by atoms with Crippen molar-refractivity contribution in [1.29, 1.82) is 5.26 Å². The van der Waals surface area contributed by atoms with Crippen LogP contribution in [-0.2, 0) is 6.18 Å². The number of hydrogen-bond donors (Lipinski definition) is 0. The van der Waals surface area contributed by atoms with E-state index in [0.717, 1.165) is 0 Å². The molecule has 2 aromatic carbocycles. The maximum absolute atomic E-state index is 13.7. The molecule has 0 bridgehead atoms. The Labute approximate surface area is 122 Å². The number of benzene rings is 2. The highest BCUT2D eigenvalue weighted by Gasteiger charge is 2.32. The molecule has 0 fully saturated rings. The van der Waals surface area contributed by atoms with Gasteiger partial charge >= 0.3 is 6.18 Å². The summed E-state index contributed by atoms with van der Waals surface area (Å²) in [7, 11) is 0. The van der Waals surface area contributed by atoms with E-state index in [9.17, 15) is 17.6 Å². The number of halogens is 5. The van der Waals surface area contributed by atoms with E-state index in [2.05, 4.69) is 6.07 Å². The lowest BCUT2D eigenvalue weighted by Gasteiger charge is -2.12. The van der Waals surface area contributed by atoms with E-state index in [-0.39, 0.29) is 11.3 Å². The summed E-state index contributed by atoms with van der Waals surface area (Å²) in [6, 6.07) is 9.23. The largest absolute Gasteiger partial charge is 0.453 e. The van der Waals surface area contributed by atoms with Gasteiger partial charge in [0.2, 0.25) is 0 Å². The Kier molecular flexibility index (Phi) is 4.05. The fourth-order valence-electron chi connectivity index (χ4n) is 1.48. The van der Waals surface area contributed by atoms with Gasteiger partial charge in [0.25, 0.3) is 0 Å². The van der Waals surface area contributed by atoms with Gasteiger partial charge < -0.3 is 4.74 Å². The van der Waals surface area contributed by atoms with Crippen LogP contribution in [0.25, 0.3) is 0 Å². The molecular formula is C14H5ClF4NO. The molecule has 0 N–H and O–H groups in total. The number of nitrogens with zero attached hydrogens (tertiary/aromatic N) is 1. The van der Waals surface area contributed by atoms with E-state index >= 15 is 0 Å². The Morgan fingerprint density at radius 2 is 1.95 bits per heavy atom. The zero-order valence-corrected chi connectivity index (χ0v) is 10.9. The summed E-state index contributed by atoms with van der Waals surface area (Å²) in [5, 5.41) is 8.10. The number of alkyl halides is 3. The van der Waals surface area contributed by atoms with Gasteiger partial charge in [-0.25, -0.2) is 4.39 Å². The lowest BCUT2D eigenvalue weighted by molar-refractivity contribution is -0.137. The third kappa shape index (κ3) is 3.44. The van der Waals surface area contributed by atoms with Gasteiger partial charge in [0.15, 0.2) is 11.6 Å². The van der Waals surface area contributed by atoms with Crippen molar-refractivity contribution < 1.29 is 22.3 Å². The first-order valence-electron chi connectivity index (χ1n) is 5.47. The predicted molar refractivity (Wildman–Crippen MR) is 66.5 cm³/mol. The molecule has 0 saturated carbocycles. The minimum Gasteiger partial charge on any atom is -0.453 e. The van der Waals surface area contributed by atoms with E-state index in [4.69, 9.17) is 21.6 Å². The Hall–Kier alpha value is -2.26. The molecule has 0 aliphatic rings. The number of ether oxygens (including phenoxy) is 1. The molecule has 0 heterocycles. The van der Waals surface area contributed by atoms with Gasteiger partial charge in [-0.05, 0) is 30.3 Å². The highest BCUT2D eigenvalue weighted by Crippen LogP contribution is 2.38. The second kappa shape index (κ2) is 5.62. The van der Waals surface area contributed by atoms with Crippen molar-refractivity contribution in [3.05, 3.63) is 58.4 Å². The monoisotopic (exact) mass is 314 g/mol. The van der Waals surface area contributed by atoms with Crippen molar-refractivity contribution in [1.82, 2.24) is 0 Å². The molecule has 7 heteroatoms. The topological polar surface area (TPSA) is 33.0 Å². The van der Waals surface area contributed by atoms with Crippen LogP contribution in [0.5, 0.6) is 11.5 Å². The van der Waals surface area contributed by atoms with Crippen molar-refractivity contribution in [3.63, 3.8) is 0 Å². The third-order valence-corrected chi connectivity index (χ3v) is 2.73. The van der Waals surface area contributed by atoms with Crippen molar-refractivity contribution in [2.75, 3.05) is 0 Å². The summed E-state index contributed by atoms with van der Waals surface area (Å²) in [6.07, 6.45) is -4.70. The standard InChI is InChI=1S/C14H5ClF4NO/c15-11-5-9(14(17,18)19)6-12(16)13(11)21-10-3-1-8(7-20)2-4-10/h1,3-6H. The minimum atomic E-state index is -4.70. The molecule has 21 heavy (non-hydrogen) atoms. The smallest absolute Gasteiger partial charge is 0.416 e.